The van der Waals surface area contributed by atoms with Gasteiger partial charge in [0, 0.05) is 7.92 Å². The molecular formula is C40H56BP. The fourth-order valence-corrected chi connectivity index (χ4v) is 11.4. The van der Waals surface area contributed by atoms with Crippen LogP contribution in [0.5, 0.6) is 0 Å². The third kappa shape index (κ3) is 9.19. The molecule has 0 N–H and O–H groups in total. The van der Waals surface area contributed by atoms with Crippen molar-refractivity contribution < 1.29 is 0 Å². The van der Waals surface area contributed by atoms with Crippen molar-refractivity contribution in [3.63, 3.8) is 0 Å². The van der Waals surface area contributed by atoms with Gasteiger partial charge < -0.3 is 0 Å². The molecule has 0 radical (unpaired) electrons. The molecule has 0 bridgehead atoms. The van der Waals surface area contributed by atoms with E-state index in [2.05, 4.69) is 170 Å². The van der Waals surface area contributed by atoms with Crippen molar-refractivity contribution in [2.45, 2.75) is 97.3 Å². The molecule has 4 aromatic carbocycles. The normalized spacial score (nSPS) is 12.1. The van der Waals surface area contributed by atoms with Crippen molar-refractivity contribution in [2.24, 2.45) is 0 Å². The van der Waals surface area contributed by atoms with Crippen LogP contribution >= 0.6 is 7.92 Å². The highest BCUT2D eigenvalue weighted by Crippen LogP contribution is 2.59. The van der Waals surface area contributed by atoms with Gasteiger partial charge in [0.05, 0.1) is 16.5 Å². The van der Waals surface area contributed by atoms with E-state index in [1.54, 1.807) is 0 Å². The molecule has 0 saturated heterocycles. The maximum atomic E-state index is 2.45. The van der Waals surface area contributed by atoms with Gasteiger partial charge in [0.15, 0.2) is 0 Å². The average Bonchev–Trinajstić information content (AvgIpc) is 2.98. The third-order valence-corrected chi connectivity index (χ3v) is 13.3. The van der Waals surface area contributed by atoms with Crippen LogP contribution in [0, 0.1) is 0 Å². The molecule has 0 aliphatic carbocycles. The number of hydrogen-bond donors (Lipinski definition) is 0. The maximum absolute atomic E-state index is 2.45. The van der Waals surface area contributed by atoms with Gasteiger partial charge in [-0.2, -0.15) is 21.9 Å². The minimum absolute atomic E-state index is 0.268. The van der Waals surface area contributed by atoms with Gasteiger partial charge in [0.2, 0.25) is 0 Å². The first-order valence-corrected chi connectivity index (χ1v) is 18.1. The summed E-state index contributed by atoms with van der Waals surface area (Å²) < 4.78 is 0. The predicted octanol–water partition coefficient (Wildman–Crippen LogP) is 9.22. The van der Waals surface area contributed by atoms with Crippen LogP contribution in [0.25, 0.3) is 0 Å². The summed E-state index contributed by atoms with van der Waals surface area (Å²) in [6.07, 6.45) is 8.90. The van der Waals surface area contributed by atoms with Gasteiger partial charge in [-0.3, -0.25) is 0 Å². The molecule has 0 amide bonds. The molecule has 0 unspecified atom stereocenters. The van der Waals surface area contributed by atoms with Gasteiger partial charge in [-0.05, 0) is 54.4 Å². The van der Waals surface area contributed by atoms with Crippen molar-refractivity contribution in [1.82, 2.24) is 0 Å². The Bertz CT molecular complexity index is 1080. The quantitative estimate of drug-likeness (QED) is 0.0946. The van der Waals surface area contributed by atoms with E-state index in [1.165, 1.54) is 66.5 Å². The highest BCUT2D eigenvalue weighted by molar-refractivity contribution is 7.60. The third-order valence-electron chi connectivity index (χ3n) is 8.79. The van der Waals surface area contributed by atoms with Gasteiger partial charge in [-0.1, -0.05) is 154 Å². The number of benzene rings is 4. The second-order valence-electron chi connectivity index (χ2n) is 14.0. The van der Waals surface area contributed by atoms with Crippen molar-refractivity contribution in [2.75, 3.05) is 6.16 Å². The lowest BCUT2D eigenvalue weighted by molar-refractivity contribution is 0.620. The highest BCUT2D eigenvalue weighted by Gasteiger charge is 2.41. The second-order valence-corrected chi connectivity index (χ2v) is 18.5. The largest absolute Gasteiger partial charge is 0.195 e. The van der Waals surface area contributed by atoms with Crippen LogP contribution in [-0.4, -0.2) is 22.6 Å². The first-order valence-electron chi connectivity index (χ1n) is 16.4. The Balaban J connectivity index is 0.000000252. The van der Waals surface area contributed by atoms with Crippen LogP contribution in [-0.2, 0) is 0 Å². The number of hydrogen-bond acceptors (Lipinski definition) is 0. The van der Waals surface area contributed by atoms with Crippen LogP contribution < -0.4 is 21.9 Å². The van der Waals surface area contributed by atoms with Crippen molar-refractivity contribution >= 4 is 35.9 Å². The van der Waals surface area contributed by atoms with Crippen LogP contribution in [0.1, 0.15) is 87.0 Å². The fourth-order valence-electron chi connectivity index (χ4n) is 7.08. The van der Waals surface area contributed by atoms with E-state index in [-0.39, 0.29) is 7.92 Å². The monoisotopic (exact) mass is 578 g/mol. The molecular weight excluding hydrogens is 522 g/mol. The molecule has 4 rings (SSSR count). The van der Waals surface area contributed by atoms with Crippen LogP contribution in [0.4, 0.5) is 0 Å². The minimum Gasteiger partial charge on any atom is -0.195 e. The van der Waals surface area contributed by atoms with Crippen LogP contribution in [0.15, 0.2) is 121 Å². The van der Waals surface area contributed by atoms with Gasteiger partial charge in [-0.25, -0.2) is 0 Å². The topological polar surface area (TPSA) is 0 Å². The summed E-state index contributed by atoms with van der Waals surface area (Å²) in [7, 11) is -0.268. The first-order chi connectivity index (χ1) is 20.1. The lowest BCUT2D eigenvalue weighted by Gasteiger charge is -2.44. The number of unbranched alkanes of at least 4 members (excludes halogenated alkanes) is 5. The molecule has 4 aromatic rings. The summed E-state index contributed by atoms with van der Waals surface area (Å²) in [6.45, 7) is 17.0. The molecule has 0 aliphatic heterocycles. The summed E-state index contributed by atoms with van der Waals surface area (Å²) in [4.78, 5) is 0. The molecule has 0 nitrogen and oxygen atoms in total. The van der Waals surface area contributed by atoms with E-state index in [0.29, 0.717) is 10.3 Å². The molecule has 2 heteroatoms. The standard InChI is InChI=1S/C24H20B.C16H35P/c1-5-13-21(14-6-1)25(22-15-7-2-8-16-22,23-17-9-3-10-18-23)24-19-11-4-12-20-24;1-8-9-10-11-12-13-14-17(15(2,3)4)16(5,6)7/h1-20H;8-14H2,1-7H3/q-1;/p+1. The molecule has 0 spiro atoms. The lowest BCUT2D eigenvalue weighted by atomic mass is 9.13. The van der Waals surface area contributed by atoms with Gasteiger partial charge >= 0.3 is 0 Å². The molecule has 0 heterocycles. The van der Waals surface area contributed by atoms with Gasteiger partial charge in [0.1, 0.15) is 6.15 Å². The summed E-state index contributed by atoms with van der Waals surface area (Å²) in [6, 6.07) is 43.5. The summed E-state index contributed by atoms with van der Waals surface area (Å²) in [5.74, 6) is 0. The molecule has 0 atom stereocenters. The zero-order chi connectivity index (χ0) is 30.5. The smallest absolute Gasteiger partial charge is 0.108 e. The summed E-state index contributed by atoms with van der Waals surface area (Å²) in [5.41, 5.74) is 5.36. The van der Waals surface area contributed by atoms with E-state index in [0.717, 1.165) is 0 Å². The average molecular weight is 579 g/mol. The Labute approximate surface area is 260 Å². The Morgan fingerprint density at radius 3 is 1.00 bits per heavy atom. The second kappa shape index (κ2) is 16.3. The minimum atomic E-state index is -1.22. The molecule has 0 aromatic heterocycles. The van der Waals surface area contributed by atoms with Crippen molar-refractivity contribution in [3.05, 3.63) is 121 Å². The van der Waals surface area contributed by atoms with Gasteiger partial charge in [-0.15, -0.1) is 0 Å². The van der Waals surface area contributed by atoms with E-state index in [4.69, 9.17) is 0 Å². The van der Waals surface area contributed by atoms with E-state index in [9.17, 15) is 0 Å². The van der Waals surface area contributed by atoms with Crippen molar-refractivity contribution in [1.29, 1.82) is 0 Å². The highest BCUT2D eigenvalue weighted by atomic mass is 31.1. The molecule has 0 saturated carbocycles. The van der Waals surface area contributed by atoms with Crippen LogP contribution in [0.3, 0.4) is 0 Å². The molecule has 42 heavy (non-hydrogen) atoms. The Morgan fingerprint density at radius 1 is 0.429 bits per heavy atom. The zero-order valence-corrected chi connectivity index (χ0v) is 28.6. The molecule has 0 aliphatic rings. The predicted molar refractivity (Wildman–Crippen MR) is 196 cm³/mol. The van der Waals surface area contributed by atoms with E-state index < -0.39 is 6.15 Å². The lowest BCUT2D eigenvalue weighted by Crippen LogP contribution is -2.74. The summed E-state index contributed by atoms with van der Waals surface area (Å²) >= 11 is 0. The van der Waals surface area contributed by atoms with Gasteiger partial charge in [0.25, 0.3) is 0 Å². The number of rotatable bonds is 11. The Kier molecular flexibility index (Phi) is 13.1. The zero-order valence-electron chi connectivity index (χ0n) is 27.6. The van der Waals surface area contributed by atoms with Crippen molar-refractivity contribution in [3.8, 4) is 0 Å². The maximum Gasteiger partial charge on any atom is 0.108 e. The Morgan fingerprint density at radius 2 is 0.714 bits per heavy atom. The summed E-state index contributed by atoms with van der Waals surface area (Å²) in [5, 5.41) is 1.10. The molecule has 0 fully saturated rings. The fraction of sp³-hybridized carbons (Fsp3) is 0.400. The Hall–Kier alpha value is -2.63. The SMILES string of the molecule is CCCCCCCC[PH+](C(C)(C)C)C(C)(C)C.c1ccc([B-](c2ccccc2)(c2ccccc2)c2ccccc2)cc1. The molecule has 224 valence electrons. The van der Waals surface area contributed by atoms with Crippen LogP contribution in [0.2, 0.25) is 0 Å². The van der Waals surface area contributed by atoms with E-state index >= 15 is 0 Å². The van der Waals surface area contributed by atoms with E-state index in [1.807, 2.05) is 0 Å². The first kappa shape index (κ1) is 33.9.